The number of nitrogens with two attached hydrogens (primary N) is 1. The average molecular weight is 216 g/mol. The van der Waals surface area contributed by atoms with Crippen molar-refractivity contribution in [3.8, 4) is 0 Å². The Morgan fingerprint density at radius 3 is 3.00 bits per heavy atom. The Kier molecular flexibility index (Phi) is 2.95. The van der Waals surface area contributed by atoms with Crippen LogP contribution in [0.5, 0.6) is 0 Å². The molecule has 0 fully saturated rings. The second-order valence-corrected chi connectivity index (χ2v) is 4.03. The Bertz CT molecular complexity index is 426. The predicted molar refractivity (Wildman–Crippen MR) is 66.3 cm³/mol. The second kappa shape index (κ2) is 4.39. The van der Waals surface area contributed by atoms with Crippen LogP contribution in [-0.2, 0) is 11.2 Å². The van der Waals surface area contributed by atoms with E-state index in [0.29, 0.717) is 13.0 Å². The van der Waals surface area contributed by atoms with Crippen LogP contribution in [0.2, 0.25) is 0 Å². The summed E-state index contributed by atoms with van der Waals surface area (Å²) in [4.78, 5) is 13.7. The number of hydrogen-bond donors (Lipinski definition) is 1. The van der Waals surface area contributed by atoms with Gasteiger partial charge in [0, 0.05) is 24.3 Å². The molecule has 0 bridgehead atoms. The average Bonchev–Trinajstić information content (AvgIpc) is 2.40. The lowest BCUT2D eigenvalue weighted by Gasteiger charge is -2.21. The quantitative estimate of drug-likeness (QED) is 0.608. The van der Waals surface area contributed by atoms with E-state index in [2.05, 4.69) is 6.58 Å². The maximum Gasteiger partial charge on any atom is 0.227 e. The Hall–Kier alpha value is -1.77. The molecule has 1 aliphatic heterocycles. The van der Waals surface area contributed by atoms with E-state index in [4.69, 9.17) is 5.73 Å². The van der Waals surface area contributed by atoms with Gasteiger partial charge in [0.15, 0.2) is 0 Å². The lowest BCUT2D eigenvalue weighted by atomic mass is 10.1. The number of rotatable bonds is 2. The summed E-state index contributed by atoms with van der Waals surface area (Å²) in [5, 5.41) is 0. The molecule has 3 nitrogen and oxygen atoms in total. The summed E-state index contributed by atoms with van der Waals surface area (Å²) in [6.07, 6.45) is 4.16. The first-order chi connectivity index (χ1) is 7.72. The van der Waals surface area contributed by atoms with Crippen molar-refractivity contribution in [3.05, 3.63) is 36.4 Å². The number of hydrogen-bond acceptors (Lipinski definition) is 2. The van der Waals surface area contributed by atoms with E-state index in [1.54, 1.807) is 11.0 Å². The predicted octanol–water partition coefficient (Wildman–Crippen LogP) is 2.12. The molecule has 1 heterocycles. The SMILES string of the molecule is C=CCN1C(=O)CCCc2cc(N)ccc21. The van der Waals surface area contributed by atoms with Crippen LogP contribution in [-0.4, -0.2) is 12.5 Å². The zero-order valence-electron chi connectivity index (χ0n) is 9.28. The zero-order valence-corrected chi connectivity index (χ0v) is 9.28. The van der Waals surface area contributed by atoms with Gasteiger partial charge in [-0.3, -0.25) is 4.79 Å². The molecule has 1 aliphatic rings. The van der Waals surface area contributed by atoms with Crippen LogP contribution in [0, 0.1) is 0 Å². The monoisotopic (exact) mass is 216 g/mol. The summed E-state index contributed by atoms with van der Waals surface area (Å²) < 4.78 is 0. The number of anilines is 2. The lowest BCUT2D eigenvalue weighted by Crippen LogP contribution is -2.30. The Labute approximate surface area is 95.6 Å². The van der Waals surface area contributed by atoms with Crippen LogP contribution in [0.4, 0.5) is 11.4 Å². The molecule has 2 N–H and O–H groups in total. The van der Waals surface area contributed by atoms with Gasteiger partial charge >= 0.3 is 0 Å². The van der Waals surface area contributed by atoms with E-state index in [-0.39, 0.29) is 5.91 Å². The van der Waals surface area contributed by atoms with Gasteiger partial charge in [-0.1, -0.05) is 6.08 Å². The van der Waals surface area contributed by atoms with Gasteiger partial charge < -0.3 is 10.6 Å². The maximum atomic E-state index is 11.9. The van der Waals surface area contributed by atoms with E-state index in [1.807, 2.05) is 18.2 Å². The molecule has 0 aliphatic carbocycles. The number of nitrogen functional groups attached to an aromatic ring is 1. The molecule has 0 atom stereocenters. The van der Waals surface area contributed by atoms with E-state index in [1.165, 1.54) is 0 Å². The van der Waals surface area contributed by atoms with Crippen LogP contribution in [0.3, 0.4) is 0 Å². The summed E-state index contributed by atoms with van der Waals surface area (Å²) in [6, 6.07) is 5.73. The van der Waals surface area contributed by atoms with Gasteiger partial charge in [-0.05, 0) is 36.6 Å². The number of nitrogens with zero attached hydrogens (tertiary/aromatic N) is 1. The number of aryl methyl sites for hydroxylation is 1. The van der Waals surface area contributed by atoms with Gasteiger partial charge in [0.05, 0.1) is 0 Å². The Balaban J connectivity index is 2.45. The summed E-state index contributed by atoms with van der Waals surface area (Å²) in [7, 11) is 0. The molecule has 1 aromatic carbocycles. The molecule has 3 heteroatoms. The highest BCUT2D eigenvalue weighted by atomic mass is 16.2. The van der Waals surface area contributed by atoms with Gasteiger partial charge in [-0.25, -0.2) is 0 Å². The maximum absolute atomic E-state index is 11.9. The van der Waals surface area contributed by atoms with E-state index in [9.17, 15) is 4.79 Å². The molecule has 2 rings (SSSR count). The molecular formula is C13H16N2O. The van der Waals surface area contributed by atoms with Crippen molar-refractivity contribution in [2.75, 3.05) is 17.2 Å². The number of benzene rings is 1. The fraction of sp³-hybridized carbons (Fsp3) is 0.308. The first-order valence-electron chi connectivity index (χ1n) is 5.52. The smallest absolute Gasteiger partial charge is 0.227 e. The molecule has 1 amide bonds. The zero-order chi connectivity index (χ0) is 11.5. The first-order valence-corrected chi connectivity index (χ1v) is 5.52. The number of carbonyl (C=O) groups excluding carboxylic acids is 1. The lowest BCUT2D eigenvalue weighted by molar-refractivity contribution is -0.118. The molecule has 84 valence electrons. The van der Waals surface area contributed by atoms with Gasteiger partial charge in [0.2, 0.25) is 5.91 Å². The number of carbonyl (C=O) groups is 1. The normalized spacial score (nSPS) is 15.5. The summed E-state index contributed by atoms with van der Waals surface area (Å²) in [6.45, 7) is 4.26. The van der Waals surface area contributed by atoms with Crippen LogP contribution < -0.4 is 10.6 Å². The van der Waals surface area contributed by atoms with Gasteiger partial charge in [-0.15, -0.1) is 6.58 Å². The van der Waals surface area contributed by atoms with Gasteiger partial charge in [0.25, 0.3) is 0 Å². The molecule has 0 aromatic heterocycles. The second-order valence-electron chi connectivity index (χ2n) is 4.03. The van der Waals surface area contributed by atoms with Crippen LogP contribution >= 0.6 is 0 Å². The topological polar surface area (TPSA) is 46.3 Å². The van der Waals surface area contributed by atoms with Crippen LogP contribution in [0.1, 0.15) is 18.4 Å². The molecule has 0 radical (unpaired) electrons. The van der Waals surface area contributed by atoms with Crippen molar-refractivity contribution < 1.29 is 4.79 Å². The van der Waals surface area contributed by atoms with Gasteiger partial charge in [-0.2, -0.15) is 0 Å². The highest BCUT2D eigenvalue weighted by Gasteiger charge is 2.20. The van der Waals surface area contributed by atoms with Crippen LogP contribution in [0.15, 0.2) is 30.9 Å². The van der Waals surface area contributed by atoms with Crippen molar-refractivity contribution in [1.29, 1.82) is 0 Å². The van der Waals surface area contributed by atoms with Gasteiger partial charge in [0.1, 0.15) is 0 Å². The highest BCUT2D eigenvalue weighted by Crippen LogP contribution is 2.28. The van der Waals surface area contributed by atoms with Crippen LogP contribution in [0.25, 0.3) is 0 Å². The number of amides is 1. The fourth-order valence-electron chi connectivity index (χ4n) is 2.10. The molecule has 0 saturated carbocycles. The fourth-order valence-corrected chi connectivity index (χ4v) is 2.10. The van der Waals surface area contributed by atoms with Crippen molar-refractivity contribution in [1.82, 2.24) is 0 Å². The van der Waals surface area contributed by atoms with Crippen molar-refractivity contribution >= 4 is 17.3 Å². The molecule has 0 unspecified atom stereocenters. The summed E-state index contributed by atoms with van der Waals surface area (Å²) in [5.74, 6) is 0.170. The first kappa shape index (κ1) is 10.7. The standard InChI is InChI=1S/C13H16N2O/c1-2-8-15-12-7-6-11(14)9-10(12)4-3-5-13(15)16/h2,6-7,9H,1,3-5,8,14H2. The van der Waals surface area contributed by atoms with Crippen molar-refractivity contribution in [3.63, 3.8) is 0 Å². The largest absolute Gasteiger partial charge is 0.399 e. The molecule has 0 spiro atoms. The van der Waals surface area contributed by atoms with E-state index >= 15 is 0 Å². The summed E-state index contributed by atoms with van der Waals surface area (Å²) in [5.41, 5.74) is 8.66. The third-order valence-corrected chi connectivity index (χ3v) is 2.84. The minimum atomic E-state index is 0.170. The summed E-state index contributed by atoms with van der Waals surface area (Å²) >= 11 is 0. The molecule has 1 aromatic rings. The molecular weight excluding hydrogens is 200 g/mol. The third-order valence-electron chi connectivity index (χ3n) is 2.84. The minimum Gasteiger partial charge on any atom is -0.399 e. The molecule has 0 saturated heterocycles. The minimum absolute atomic E-state index is 0.170. The highest BCUT2D eigenvalue weighted by molar-refractivity contribution is 5.95. The van der Waals surface area contributed by atoms with E-state index in [0.717, 1.165) is 29.8 Å². The molecule has 16 heavy (non-hydrogen) atoms. The Morgan fingerprint density at radius 2 is 2.25 bits per heavy atom. The van der Waals surface area contributed by atoms with Crippen molar-refractivity contribution in [2.45, 2.75) is 19.3 Å². The number of fused-ring (bicyclic) bond motifs is 1. The van der Waals surface area contributed by atoms with Crippen molar-refractivity contribution in [2.24, 2.45) is 0 Å². The van der Waals surface area contributed by atoms with E-state index < -0.39 is 0 Å². The third kappa shape index (κ3) is 1.94. The Morgan fingerprint density at radius 1 is 1.44 bits per heavy atom.